The van der Waals surface area contributed by atoms with Gasteiger partial charge in [0.1, 0.15) is 16.7 Å². The van der Waals surface area contributed by atoms with Crippen molar-refractivity contribution in [1.29, 1.82) is 5.26 Å². The molecule has 0 atom stereocenters. The van der Waals surface area contributed by atoms with Crippen molar-refractivity contribution in [3.8, 4) is 6.07 Å². The van der Waals surface area contributed by atoms with Gasteiger partial charge >= 0.3 is 0 Å². The number of nitrogens with one attached hydrogen (secondary N) is 1. The molecule has 0 aromatic heterocycles. The SMILES string of the molecule is CCCCN(/C=C(/C#N)C(=O)Nc1ccc(Cl)c([N+](=O)[O-])c1)CCC. The minimum atomic E-state index is -0.632. The topological polar surface area (TPSA) is 99.3 Å². The molecule has 0 unspecified atom stereocenters. The Morgan fingerprint density at radius 2 is 2.12 bits per heavy atom. The highest BCUT2D eigenvalue weighted by molar-refractivity contribution is 6.32. The van der Waals surface area contributed by atoms with Crippen LogP contribution in [0.3, 0.4) is 0 Å². The van der Waals surface area contributed by atoms with Gasteiger partial charge in [0, 0.05) is 31.0 Å². The number of nitrogens with zero attached hydrogens (tertiary/aromatic N) is 3. The van der Waals surface area contributed by atoms with Gasteiger partial charge in [0.15, 0.2) is 0 Å². The Balaban J connectivity index is 2.95. The van der Waals surface area contributed by atoms with Crippen molar-refractivity contribution in [1.82, 2.24) is 4.90 Å². The second kappa shape index (κ2) is 10.3. The van der Waals surface area contributed by atoms with Crippen LogP contribution in [-0.4, -0.2) is 28.8 Å². The summed E-state index contributed by atoms with van der Waals surface area (Å²) in [6.07, 6.45) is 4.40. The number of nitriles is 1. The largest absolute Gasteiger partial charge is 0.376 e. The molecule has 25 heavy (non-hydrogen) atoms. The van der Waals surface area contributed by atoms with Gasteiger partial charge in [-0.2, -0.15) is 5.26 Å². The van der Waals surface area contributed by atoms with Crippen molar-refractivity contribution < 1.29 is 9.72 Å². The quantitative estimate of drug-likeness (QED) is 0.307. The first-order valence-electron chi connectivity index (χ1n) is 8.04. The van der Waals surface area contributed by atoms with Crippen molar-refractivity contribution in [3.05, 3.63) is 45.1 Å². The Morgan fingerprint density at radius 3 is 2.68 bits per heavy atom. The number of halogens is 1. The molecule has 7 nitrogen and oxygen atoms in total. The van der Waals surface area contributed by atoms with Crippen LogP contribution in [0.4, 0.5) is 11.4 Å². The number of hydrogen-bond acceptors (Lipinski definition) is 5. The molecular formula is C17H21ClN4O3. The summed E-state index contributed by atoms with van der Waals surface area (Å²) in [6, 6.07) is 5.82. The maximum absolute atomic E-state index is 12.3. The summed E-state index contributed by atoms with van der Waals surface area (Å²) < 4.78 is 0. The Morgan fingerprint density at radius 1 is 1.40 bits per heavy atom. The molecule has 0 radical (unpaired) electrons. The summed E-state index contributed by atoms with van der Waals surface area (Å²) >= 11 is 5.74. The zero-order valence-electron chi connectivity index (χ0n) is 14.3. The minimum absolute atomic E-state index is 0.0206. The third-order valence-electron chi connectivity index (χ3n) is 3.39. The molecule has 1 amide bonds. The molecule has 0 aliphatic rings. The Hall–Kier alpha value is -2.59. The highest BCUT2D eigenvalue weighted by atomic mass is 35.5. The lowest BCUT2D eigenvalue weighted by Crippen LogP contribution is -2.23. The highest BCUT2D eigenvalue weighted by Gasteiger charge is 2.16. The zero-order chi connectivity index (χ0) is 18.8. The summed E-state index contributed by atoms with van der Waals surface area (Å²) in [5.74, 6) is -0.614. The van der Waals surface area contributed by atoms with Crippen molar-refractivity contribution in [2.75, 3.05) is 18.4 Å². The molecule has 8 heteroatoms. The average molecular weight is 365 g/mol. The molecule has 0 spiro atoms. The van der Waals surface area contributed by atoms with E-state index in [4.69, 9.17) is 11.6 Å². The molecule has 1 aromatic carbocycles. The van der Waals surface area contributed by atoms with E-state index in [-0.39, 0.29) is 22.0 Å². The number of benzene rings is 1. The lowest BCUT2D eigenvalue weighted by Gasteiger charge is -2.19. The fraction of sp³-hybridized carbons (Fsp3) is 0.412. The van der Waals surface area contributed by atoms with Crippen LogP contribution in [0.15, 0.2) is 30.0 Å². The predicted molar refractivity (Wildman–Crippen MR) is 97.2 cm³/mol. The number of anilines is 1. The first-order chi connectivity index (χ1) is 11.9. The van der Waals surface area contributed by atoms with Crippen LogP contribution in [0.25, 0.3) is 0 Å². The van der Waals surface area contributed by atoms with Crippen molar-refractivity contribution >= 4 is 28.9 Å². The fourth-order valence-corrected chi connectivity index (χ4v) is 2.33. The molecule has 0 aliphatic heterocycles. The Labute approximate surface area is 152 Å². The van der Waals surface area contributed by atoms with E-state index < -0.39 is 10.8 Å². The number of nitro benzene ring substituents is 1. The second-order valence-corrected chi connectivity index (χ2v) is 5.83. The zero-order valence-corrected chi connectivity index (χ0v) is 15.0. The maximum Gasteiger partial charge on any atom is 0.289 e. The third kappa shape index (κ3) is 6.43. The van der Waals surface area contributed by atoms with Crippen LogP contribution in [0.5, 0.6) is 0 Å². The van der Waals surface area contributed by atoms with Gasteiger partial charge < -0.3 is 10.2 Å². The van der Waals surface area contributed by atoms with E-state index in [9.17, 15) is 20.2 Å². The molecule has 1 rings (SSSR count). The fourth-order valence-electron chi connectivity index (χ4n) is 2.14. The van der Waals surface area contributed by atoms with Crippen molar-refractivity contribution in [2.45, 2.75) is 33.1 Å². The van der Waals surface area contributed by atoms with Gasteiger partial charge in [-0.05, 0) is 25.0 Å². The van der Waals surface area contributed by atoms with E-state index in [1.165, 1.54) is 12.1 Å². The predicted octanol–water partition coefficient (Wildman–Crippen LogP) is 4.11. The highest BCUT2D eigenvalue weighted by Crippen LogP contribution is 2.27. The van der Waals surface area contributed by atoms with E-state index in [0.29, 0.717) is 0 Å². The number of nitro groups is 1. The monoisotopic (exact) mass is 364 g/mol. The van der Waals surface area contributed by atoms with Gasteiger partial charge in [0.2, 0.25) is 0 Å². The third-order valence-corrected chi connectivity index (χ3v) is 3.71. The summed E-state index contributed by atoms with van der Waals surface area (Å²) in [7, 11) is 0. The smallest absolute Gasteiger partial charge is 0.289 e. The number of carbonyl (C=O) groups excluding carboxylic acids is 1. The number of unbranched alkanes of at least 4 members (excludes halogenated alkanes) is 1. The molecule has 1 aromatic rings. The normalized spacial score (nSPS) is 10.9. The van der Waals surface area contributed by atoms with E-state index in [1.54, 1.807) is 6.20 Å². The molecule has 0 heterocycles. The van der Waals surface area contributed by atoms with Gasteiger partial charge in [-0.25, -0.2) is 0 Å². The van der Waals surface area contributed by atoms with E-state index >= 15 is 0 Å². The van der Waals surface area contributed by atoms with Crippen LogP contribution >= 0.6 is 11.6 Å². The van der Waals surface area contributed by atoms with Crippen LogP contribution < -0.4 is 5.32 Å². The minimum Gasteiger partial charge on any atom is -0.376 e. The molecule has 0 saturated heterocycles. The van der Waals surface area contributed by atoms with Gasteiger partial charge in [-0.15, -0.1) is 0 Å². The van der Waals surface area contributed by atoms with E-state index in [0.717, 1.165) is 38.4 Å². The van der Waals surface area contributed by atoms with E-state index in [2.05, 4.69) is 12.2 Å². The van der Waals surface area contributed by atoms with Gasteiger partial charge in [0.25, 0.3) is 11.6 Å². The number of carbonyl (C=O) groups is 1. The molecule has 0 aliphatic carbocycles. The van der Waals surface area contributed by atoms with Crippen LogP contribution in [0, 0.1) is 21.4 Å². The molecule has 0 saturated carbocycles. The molecule has 0 fully saturated rings. The van der Waals surface area contributed by atoms with Crippen molar-refractivity contribution in [2.24, 2.45) is 0 Å². The second-order valence-electron chi connectivity index (χ2n) is 5.42. The van der Waals surface area contributed by atoms with Gasteiger partial charge in [-0.3, -0.25) is 14.9 Å². The first kappa shape index (κ1) is 20.5. The van der Waals surface area contributed by atoms with Gasteiger partial charge in [0.05, 0.1) is 4.92 Å². The van der Waals surface area contributed by atoms with Crippen LogP contribution in [-0.2, 0) is 4.79 Å². The first-order valence-corrected chi connectivity index (χ1v) is 8.42. The summed E-state index contributed by atoms with van der Waals surface area (Å²) in [5, 5.41) is 22.7. The Bertz CT molecular complexity index is 698. The number of rotatable bonds is 9. The van der Waals surface area contributed by atoms with Crippen LogP contribution in [0.2, 0.25) is 5.02 Å². The van der Waals surface area contributed by atoms with E-state index in [1.807, 2.05) is 17.9 Å². The molecular weight excluding hydrogens is 344 g/mol. The lowest BCUT2D eigenvalue weighted by atomic mass is 10.2. The van der Waals surface area contributed by atoms with Crippen LogP contribution in [0.1, 0.15) is 33.1 Å². The van der Waals surface area contributed by atoms with Crippen molar-refractivity contribution in [3.63, 3.8) is 0 Å². The molecule has 1 N–H and O–H groups in total. The summed E-state index contributed by atoms with van der Waals surface area (Å²) in [6.45, 7) is 5.59. The Kier molecular flexibility index (Phi) is 8.44. The summed E-state index contributed by atoms with van der Waals surface area (Å²) in [4.78, 5) is 24.5. The van der Waals surface area contributed by atoms with Gasteiger partial charge in [-0.1, -0.05) is 31.9 Å². The number of amides is 1. The lowest BCUT2D eigenvalue weighted by molar-refractivity contribution is -0.384. The standard InChI is InChI=1S/C17H21ClN4O3/c1-3-5-9-21(8-4-2)12-13(11-19)17(23)20-14-6-7-15(18)16(10-14)22(24)25/h6-7,10,12H,3-5,8-9H2,1-2H3,(H,20,23)/b13-12-. The molecule has 0 bridgehead atoms. The average Bonchev–Trinajstić information content (AvgIpc) is 2.58. The molecule has 134 valence electrons. The maximum atomic E-state index is 12.3. The summed E-state index contributed by atoms with van der Waals surface area (Å²) in [5.41, 5.74) is -0.155. The number of hydrogen-bond donors (Lipinski definition) is 1.